The van der Waals surface area contributed by atoms with Crippen LogP contribution >= 0.6 is 0 Å². The minimum Gasteiger partial charge on any atom is -0.462 e. The number of carbonyl (C=O) groups is 2. The van der Waals surface area contributed by atoms with Gasteiger partial charge in [-0.1, -0.05) is 25.5 Å². The number of esters is 1. The first kappa shape index (κ1) is 18.4. The van der Waals surface area contributed by atoms with Crippen molar-refractivity contribution in [3.8, 4) is 0 Å². The Morgan fingerprint density at radius 2 is 1.80 bits per heavy atom. The molecule has 1 amide bonds. The number of unbranched alkanes of at least 4 members (excludes halogenated alkanes) is 1. The fourth-order valence-corrected chi connectivity index (χ4v) is 2.06. The molecule has 0 atom stereocenters. The maximum Gasteiger partial charge on any atom is 0.338 e. The van der Waals surface area contributed by atoms with Gasteiger partial charge in [-0.25, -0.2) is 9.18 Å². The molecule has 0 aliphatic heterocycles. The highest BCUT2D eigenvalue weighted by atomic mass is 19.1. The van der Waals surface area contributed by atoms with Gasteiger partial charge < -0.3 is 15.4 Å². The number of ether oxygens (including phenoxy) is 1. The highest BCUT2D eigenvalue weighted by molar-refractivity contribution is 5.94. The van der Waals surface area contributed by atoms with Crippen LogP contribution in [0.3, 0.4) is 0 Å². The number of amides is 1. The van der Waals surface area contributed by atoms with E-state index in [1.54, 1.807) is 36.4 Å². The minimum atomic E-state index is -0.484. The van der Waals surface area contributed by atoms with Crippen LogP contribution < -0.4 is 10.6 Å². The van der Waals surface area contributed by atoms with Crippen LogP contribution in [0.5, 0.6) is 0 Å². The standard InChI is InChI=1S/C19H21FN2O3/c1-2-3-12-25-19(24)14-8-10-15(11-9-14)21-13-18(23)22-17-7-5-4-6-16(17)20/h4-11,21H,2-3,12-13H2,1H3,(H,22,23). The topological polar surface area (TPSA) is 67.4 Å². The van der Waals surface area contributed by atoms with Crippen LogP contribution in [0.2, 0.25) is 0 Å². The maximum atomic E-state index is 13.5. The first-order chi connectivity index (χ1) is 12.1. The summed E-state index contributed by atoms with van der Waals surface area (Å²) in [5.41, 5.74) is 1.27. The number of hydrogen-bond donors (Lipinski definition) is 2. The van der Waals surface area contributed by atoms with Crippen molar-refractivity contribution in [3.63, 3.8) is 0 Å². The highest BCUT2D eigenvalue weighted by Crippen LogP contribution is 2.13. The third-order valence-electron chi connectivity index (χ3n) is 3.45. The second-order valence-corrected chi connectivity index (χ2v) is 5.45. The third kappa shape index (κ3) is 5.91. The monoisotopic (exact) mass is 344 g/mol. The molecule has 2 rings (SSSR count). The Morgan fingerprint density at radius 3 is 2.48 bits per heavy atom. The third-order valence-corrected chi connectivity index (χ3v) is 3.45. The van der Waals surface area contributed by atoms with Crippen molar-refractivity contribution in [1.82, 2.24) is 0 Å². The van der Waals surface area contributed by atoms with Crippen LogP contribution in [-0.2, 0) is 9.53 Å². The van der Waals surface area contributed by atoms with Crippen molar-refractivity contribution in [1.29, 1.82) is 0 Å². The summed E-state index contributed by atoms with van der Waals surface area (Å²) >= 11 is 0. The molecule has 6 heteroatoms. The molecule has 25 heavy (non-hydrogen) atoms. The van der Waals surface area contributed by atoms with E-state index in [9.17, 15) is 14.0 Å². The molecule has 0 unspecified atom stereocenters. The lowest BCUT2D eigenvalue weighted by Gasteiger charge is -2.09. The van der Waals surface area contributed by atoms with E-state index in [0.29, 0.717) is 17.9 Å². The Kier molecular flexibility index (Phi) is 6.95. The summed E-state index contributed by atoms with van der Waals surface area (Å²) in [5, 5.41) is 5.40. The molecule has 5 nitrogen and oxygen atoms in total. The van der Waals surface area contributed by atoms with Crippen molar-refractivity contribution >= 4 is 23.3 Å². The Balaban J connectivity index is 1.82. The summed E-state index contributed by atoms with van der Waals surface area (Å²) in [6.45, 7) is 2.41. The maximum absolute atomic E-state index is 13.5. The number of nitrogens with one attached hydrogen (secondary N) is 2. The fourth-order valence-electron chi connectivity index (χ4n) is 2.06. The predicted octanol–water partition coefficient (Wildman–Crippen LogP) is 3.83. The zero-order chi connectivity index (χ0) is 18.1. The number of halogens is 1. The summed E-state index contributed by atoms with van der Waals surface area (Å²) in [4.78, 5) is 23.6. The molecule has 0 aliphatic rings. The van der Waals surface area contributed by atoms with E-state index in [0.717, 1.165) is 12.8 Å². The van der Waals surface area contributed by atoms with E-state index in [1.807, 2.05) is 6.92 Å². The second kappa shape index (κ2) is 9.42. The zero-order valence-corrected chi connectivity index (χ0v) is 14.0. The normalized spacial score (nSPS) is 10.2. The number of rotatable bonds is 8. The van der Waals surface area contributed by atoms with E-state index in [2.05, 4.69) is 10.6 Å². The largest absolute Gasteiger partial charge is 0.462 e. The fraction of sp³-hybridized carbons (Fsp3) is 0.263. The lowest BCUT2D eigenvalue weighted by molar-refractivity contribution is -0.114. The van der Waals surface area contributed by atoms with Gasteiger partial charge in [0.25, 0.3) is 0 Å². The molecule has 0 aromatic heterocycles. The van der Waals surface area contributed by atoms with Crippen LogP contribution in [-0.4, -0.2) is 25.0 Å². The van der Waals surface area contributed by atoms with E-state index in [1.165, 1.54) is 12.1 Å². The van der Waals surface area contributed by atoms with Gasteiger partial charge in [0.2, 0.25) is 5.91 Å². The molecule has 0 spiro atoms. The van der Waals surface area contributed by atoms with Crippen LogP contribution in [0.4, 0.5) is 15.8 Å². The summed E-state index contributed by atoms with van der Waals surface area (Å²) < 4.78 is 18.6. The number of benzene rings is 2. The average molecular weight is 344 g/mol. The number of carbonyl (C=O) groups excluding carboxylic acids is 2. The molecule has 0 bridgehead atoms. The van der Waals surface area contributed by atoms with Gasteiger partial charge >= 0.3 is 5.97 Å². The van der Waals surface area contributed by atoms with Gasteiger partial charge in [-0.05, 0) is 42.8 Å². The summed E-state index contributed by atoms with van der Waals surface area (Å²) in [5.74, 6) is -1.22. The quantitative estimate of drug-likeness (QED) is 0.564. The smallest absolute Gasteiger partial charge is 0.338 e. The number of para-hydroxylation sites is 1. The second-order valence-electron chi connectivity index (χ2n) is 5.45. The minimum absolute atomic E-state index is 0.0192. The molecule has 2 aromatic carbocycles. The van der Waals surface area contributed by atoms with Crippen molar-refractivity contribution in [3.05, 3.63) is 59.9 Å². The van der Waals surface area contributed by atoms with Gasteiger partial charge in [0.1, 0.15) is 5.82 Å². The Hall–Kier alpha value is -2.89. The Labute approximate surface area is 146 Å². The Morgan fingerprint density at radius 1 is 1.08 bits per heavy atom. The van der Waals surface area contributed by atoms with Gasteiger partial charge in [0, 0.05) is 5.69 Å². The molecule has 132 valence electrons. The average Bonchev–Trinajstić information content (AvgIpc) is 2.62. The summed E-state index contributed by atoms with van der Waals surface area (Å²) in [6, 6.07) is 12.6. The van der Waals surface area contributed by atoms with E-state index < -0.39 is 5.82 Å². The molecule has 0 radical (unpaired) electrons. The zero-order valence-electron chi connectivity index (χ0n) is 14.0. The molecular formula is C19H21FN2O3. The van der Waals surface area contributed by atoms with Gasteiger partial charge in [-0.15, -0.1) is 0 Å². The van der Waals surface area contributed by atoms with Crippen molar-refractivity contribution in [2.45, 2.75) is 19.8 Å². The summed E-state index contributed by atoms with van der Waals surface area (Å²) in [6.07, 6.45) is 1.80. The van der Waals surface area contributed by atoms with Crippen molar-refractivity contribution in [2.24, 2.45) is 0 Å². The molecule has 2 N–H and O–H groups in total. The lowest BCUT2D eigenvalue weighted by Crippen LogP contribution is -2.22. The SMILES string of the molecule is CCCCOC(=O)c1ccc(NCC(=O)Nc2ccccc2F)cc1. The van der Waals surface area contributed by atoms with Gasteiger partial charge in [0.05, 0.1) is 24.4 Å². The van der Waals surface area contributed by atoms with Crippen LogP contribution in [0.25, 0.3) is 0 Å². The predicted molar refractivity (Wildman–Crippen MR) is 95.2 cm³/mol. The summed E-state index contributed by atoms with van der Waals surface area (Å²) in [7, 11) is 0. The first-order valence-electron chi connectivity index (χ1n) is 8.15. The lowest BCUT2D eigenvalue weighted by atomic mass is 10.2. The molecular weight excluding hydrogens is 323 g/mol. The van der Waals surface area contributed by atoms with Crippen molar-refractivity contribution < 1.29 is 18.7 Å². The van der Waals surface area contributed by atoms with Crippen LogP contribution in [0.15, 0.2) is 48.5 Å². The van der Waals surface area contributed by atoms with Crippen LogP contribution in [0, 0.1) is 5.82 Å². The van der Waals surface area contributed by atoms with Gasteiger partial charge in [-0.3, -0.25) is 4.79 Å². The van der Waals surface area contributed by atoms with Gasteiger partial charge in [-0.2, -0.15) is 0 Å². The van der Waals surface area contributed by atoms with Gasteiger partial charge in [0.15, 0.2) is 0 Å². The number of anilines is 2. The molecule has 0 saturated carbocycles. The van der Waals surface area contributed by atoms with Crippen molar-refractivity contribution in [2.75, 3.05) is 23.8 Å². The van der Waals surface area contributed by atoms with E-state index in [4.69, 9.17) is 4.74 Å². The van der Waals surface area contributed by atoms with Crippen LogP contribution in [0.1, 0.15) is 30.1 Å². The highest BCUT2D eigenvalue weighted by Gasteiger charge is 2.08. The molecule has 0 fully saturated rings. The van der Waals surface area contributed by atoms with E-state index in [-0.39, 0.29) is 24.1 Å². The number of hydrogen-bond acceptors (Lipinski definition) is 4. The molecule has 0 saturated heterocycles. The molecule has 0 heterocycles. The molecule has 2 aromatic rings. The molecule has 0 aliphatic carbocycles. The van der Waals surface area contributed by atoms with E-state index >= 15 is 0 Å². The first-order valence-corrected chi connectivity index (χ1v) is 8.15. The Bertz CT molecular complexity index is 717.